The van der Waals surface area contributed by atoms with Gasteiger partial charge < -0.3 is 5.11 Å². The Balaban J connectivity index is 2.10. The summed E-state index contributed by atoms with van der Waals surface area (Å²) in [6, 6.07) is 4.71. The Labute approximate surface area is 142 Å². The van der Waals surface area contributed by atoms with E-state index in [0.717, 1.165) is 11.3 Å². The van der Waals surface area contributed by atoms with Crippen LogP contribution in [0.5, 0.6) is 5.88 Å². The third-order valence-electron chi connectivity index (χ3n) is 3.27. The SMILES string of the molecule is O=C(CC(F)(F)F)c1c([O-])n(Cc2cnc(Cl)s2)c2cccc[n+]12. The van der Waals surface area contributed by atoms with Gasteiger partial charge in [0.15, 0.2) is 4.47 Å². The minimum Gasteiger partial charge on any atom is -0.839 e. The van der Waals surface area contributed by atoms with E-state index in [0.29, 0.717) is 10.5 Å². The standard InChI is InChI=1S/C14H9ClF3N3O2S/c15-13-19-6-8(24-13)7-21-10-3-1-2-4-20(10)11(12(21)23)9(22)5-14(16,17)18/h1-4,6H,5,7H2. The fourth-order valence-electron chi connectivity index (χ4n) is 2.36. The number of hydrogen-bond donors (Lipinski definition) is 0. The number of ketones is 1. The number of carbonyl (C=O) groups is 1. The first-order chi connectivity index (χ1) is 11.3. The summed E-state index contributed by atoms with van der Waals surface area (Å²) >= 11 is 6.90. The van der Waals surface area contributed by atoms with Gasteiger partial charge in [0, 0.05) is 12.3 Å². The first-order valence-corrected chi connectivity index (χ1v) is 7.86. The molecular weight excluding hydrogens is 367 g/mol. The lowest BCUT2D eigenvalue weighted by Crippen LogP contribution is -2.30. The molecular formula is C14H9ClF3N3O2S. The number of nitrogens with zero attached hydrogens (tertiary/aromatic N) is 3. The van der Waals surface area contributed by atoms with Gasteiger partial charge in [0.25, 0.3) is 5.65 Å². The van der Waals surface area contributed by atoms with Crippen molar-refractivity contribution < 1.29 is 27.5 Å². The molecule has 0 radical (unpaired) electrons. The minimum absolute atomic E-state index is 0.0655. The third kappa shape index (κ3) is 3.22. The maximum Gasteiger partial charge on any atom is 0.396 e. The number of imidazole rings is 1. The molecule has 0 aliphatic rings. The summed E-state index contributed by atoms with van der Waals surface area (Å²) < 4.78 is 40.3. The first-order valence-electron chi connectivity index (χ1n) is 6.66. The summed E-state index contributed by atoms with van der Waals surface area (Å²) in [7, 11) is 0. The highest BCUT2D eigenvalue weighted by atomic mass is 35.5. The van der Waals surface area contributed by atoms with Crippen molar-refractivity contribution in [1.29, 1.82) is 0 Å². The monoisotopic (exact) mass is 375 g/mol. The van der Waals surface area contributed by atoms with Gasteiger partial charge in [-0.3, -0.25) is 4.79 Å². The Bertz CT molecular complexity index is 920. The molecule has 0 bridgehead atoms. The topological polar surface area (TPSA) is 62.0 Å². The largest absolute Gasteiger partial charge is 0.839 e. The summed E-state index contributed by atoms with van der Waals surface area (Å²) in [5.41, 5.74) is -0.198. The number of Topliss-reactive ketones (excluding diaryl/α,β-unsaturated/α-hetero) is 1. The van der Waals surface area contributed by atoms with Crippen LogP contribution >= 0.6 is 22.9 Å². The van der Waals surface area contributed by atoms with Crippen molar-refractivity contribution in [2.24, 2.45) is 0 Å². The molecule has 3 rings (SSSR count). The Hall–Kier alpha value is -2.13. The van der Waals surface area contributed by atoms with Crippen molar-refractivity contribution in [3.8, 4) is 5.88 Å². The van der Waals surface area contributed by atoms with Crippen LogP contribution in [0.3, 0.4) is 0 Å². The molecule has 5 nitrogen and oxygen atoms in total. The van der Waals surface area contributed by atoms with Crippen molar-refractivity contribution in [3.05, 3.63) is 45.6 Å². The summed E-state index contributed by atoms with van der Waals surface area (Å²) in [6.45, 7) is 0.0655. The predicted molar refractivity (Wildman–Crippen MR) is 78.3 cm³/mol. The van der Waals surface area contributed by atoms with E-state index in [1.165, 1.54) is 27.4 Å². The molecule has 0 N–H and O–H groups in total. The number of thiazole rings is 1. The summed E-state index contributed by atoms with van der Waals surface area (Å²) in [4.78, 5) is 16.5. The van der Waals surface area contributed by atoms with Crippen molar-refractivity contribution in [2.75, 3.05) is 0 Å². The van der Waals surface area contributed by atoms with E-state index in [1.807, 2.05) is 0 Å². The Morgan fingerprint density at radius 3 is 2.79 bits per heavy atom. The van der Waals surface area contributed by atoms with Crippen molar-refractivity contribution in [2.45, 2.75) is 19.1 Å². The van der Waals surface area contributed by atoms with Crippen molar-refractivity contribution in [1.82, 2.24) is 9.55 Å². The number of pyridine rings is 1. The van der Waals surface area contributed by atoms with Crippen LogP contribution in [0.2, 0.25) is 4.47 Å². The summed E-state index contributed by atoms with van der Waals surface area (Å²) in [5, 5.41) is 12.5. The van der Waals surface area contributed by atoms with Gasteiger partial charge in [-0.25, -0.2) is 9.55 Å². The number of aromatic nitrogens is 3. The van der Waals surface area contributed by atoms with Crippen LogP contribution in [0.25, 0.3) is 5.65 Å². The van der Waals surface area contributed by atoms with Gasteiger partial charge >= 0.3 is 6.18 Å². The van der Waals surface area contributed by atoms with Crippen molar-refractivity contribution in [3.63, 3.8) is 0 Å². The normalized spacial score (nSPS) is 12.0. The molecule has 10 heteroatoms. The summed E-state index contributed by atoms with van der Waals surface area (Å²) in [6.07, 6.45) is -3.51. The quantitative estimate of drug-likeness (QED) is 0.520. The lowest BCUT2D eigenvalue weighted by Gasteiger charge is -2.07. The molecule has 0 aliphatic heterocycles. The van der Waals surface area contributed by atoms with Crippen LogP contribution in [0.4, 0.5) is 13.2 Å². The Morgan fingerprint density at radius 1 is 1.42 bits per heavy atom. The number of carbonyl (C=O) groups excluding carboxylic acids is 1. The maximum atomic E-state index is 12.5. The average molecular weight is 376 g/mol. The van der Waals surface area contributed by atoms with E-state index in [1.54, 1.807) is 12.1 Å². The predicted octanol–water partition coefficient (Wildman–Crippen LogP) is 2.59. The second-order valence-corrected chi connectivity index (χ2v) is 6.66. The maximum absolute atomic E-state index is 12.5. The molecule has 24 heavy (non-hydrogen) atoms. The van der Waals surface area contributed by atoms with Crippen LogP contribution < -0.4 is 9.51 Å². The second kappa shape index (κ2) is 6.06. The Kier molecular flexibility index (Phi) is 4.22. The molecule has 126 valence electrons. The molecule has 0 fully saturated rings. The van der Waals surface area contributed by atoms with Crippen LogP contribution in [0.15, 0.2) is 30.6 Å². The van der Waals surface area contributed by atoms with E-state index < -0.39 is 30.0 Å². The molecule has 0 aromatic carbocycles. The van der Waals surface area contributed by atoms with Crippen molar-refractivity contribution >= 4 is 34.4 Å². The van der Waals surface area contributed by atoms with Crippen LogP contribution in [0, 0.1) is 0 Å². The number of hydrogen-bond acceptors (Lipinski definition) is 4. The van der Waals surface area contributed by atoms with Gasteiger partial charge in [0.1, 0.15) is 18.8 Å². The third-order valence-corrected chi connectivity index (χ3v) is 4.37. The highest BCUT2D eigenvalue weighted by Gasteiger charge is 2.36. The fraction of sp³-hybridized carbons (Fsp3) is 0.214. The van der Waals surface area contributed by atoms with Crippen LogP contribution in [0.1, 0.15) is 21.8 Å². The summed E-state index contributed by atoms with van der Waals surface area (Å²) in [5.74, 6) is -2.05. The average Bonchev–Trinajstić information content (AvgIpc) is 3.00. The van der Waals surface area contributed by atoms with Gasteiger partial charge in [-0.05, 0) is 6.07 Å². The van der Waals surface area contributed by atoms with Crippen LogP contribution in [-0.4, -0.2) is 21.5 Å². The first kappa shape index (κ1) is 16.7. The zero-order valence-corrected chi connectivity index (χ0v) is 13.5. The van der Waals surface area contributed by atoms with Gasteiger partial charge in [-0.15, -0.1) is 11.3 Å². The molecule has 0 aliphatic carbocycles. The lowest BCUT2D eigenvalue weighted by molar-refractivity contribution is -0.516. The molecule has 3 aromatic heterocycles. The van der Waals surface area contributed by atoms with E-state index in [2.05, 4.69) is 4.98 Å². The zero-order valence-electron chi connectivity index (χ0n) is 11.9. The zero-order chi connectivity index (χ0) is 17.5. The molecule has 0 amide bonds. The number of fused-ring (bicyclic) bond motifs is 1. The smallest absolute Gasteiger partial charge is 0.396 e. The molecule has 0 atom stereocenters. The number of alkyl halides is 3. The molecule has 3 aromatic rings. The Morgan fingerprint density at radius 2 is 2.17 bits per heavy atom. The van der Waals surface area contributed by atoms with Gasteiger partial charge in [-0.2, -0.15) is 17.6 Å². The number of halogens is 4. The van der Waals surface area contributed by atoms with E-state index in [4.69, 9.17) is 11.6 Å². The molecule has 0 saturated carbocycles. The molecule has 0 spiro atoms. The highest BCUT2D eigenvalue weighted by Crippen LogP contribution is 2.26. The van der Waals surface area contributed by atoms with Gasteiger partial charge in [0.2, 0.25) is 11.5 Å². The van der Waals surface area contributed by atoms with Crippen LogP contribution in [-0.2, 0) is 6.54 Å². The lowest BCUT2D eigenvalue weighted by atomic mass is 10.2. The van der Waals surface area contributed by atoms with E-state index in [-0.39, 0.29) is 11.0 Å². The molecule has 0 saturated heterocycles. The molecule has 3 heterocycles. The van der Waals surface area contributed by atoms with E-state index >= 15 is 0 Å². The number of rotatable bonds is 4. The van der Waals surface area contributed by atoms with E-state index in [9.17, 15) is 23.1 Å². The minimum atomic E-state index is -4.68. The van der Waals surface area contributed by atoms with Gasteiger partial charge in [0.05, 0.1) is 11.1 Å². The second-order valence-electron chi connectivity index (χ2n) is 4.96. The van der Waals surface area contributed by atoms with Gasteiger partial charge in [-0.1, -0.05) is 17.7 Å². The highest BCUT2D eigenvalue weighted by molar-refractivity contribution is 7.15. The molecule has 0 unspecified atom stereocenters. The fourth-order valence-corrected chi connectivity index (χ4v) is 3.33.